The van der Waals surface area contributed by atoms with Gasteiger partial charge >= 0.3 is 0 Å². The lowest BCUT2D eigenvalue weighted by Gasteiger charge is -2.24. The Bertz CT molecular complexity index is 595. The molecule has 0 unspecified atom stereocenters. The van der Waals surface area contributed by atoms with Gasteiger partial charge in [0, 0.05) is 6.07 Å². The van der Waals surface area contributed by atoms with Crippen molar-refractivity contribution in [1.82, 2.24) is 0 Å². The SMILES string of the molecule is [O-][n+]1cc(O)c(C[NH+]2CCOCC2)c2ccccc21. The van der Waals surface area contributed by atoms with Crippen LogP contribution in [0, 0.1) is 5.21 Å². The van der Waals surface area contributed by atoms with Crippen LogP contribution in [0.4, 0.5) is 0 Å². The fraction of sp³-hybridized carbons (Fsp3) is 0.357. The highest BCUT2D eigenvalue weighted by atomic mass is 16.5. The third-order valence-electron chi connectivity index (χ3n) is 3.64. The van der Waals surface area contributed by atoms with E-state index in [-0.39, 0.29) is 5.75 Å². The molecule has 100 valence electrons. The van der Waals surface area contributed by atoms with E-state index in [0.717, 1.165) is 48.5 Å². The van der Waals surface area contributed by atoms with Gasteiger partial charge < -0.3 is 20.0 Å². The van der Waals surface area contributed by atoms with Gasteiger partial charge in [0.15, 0.2) is 5.75 Å². The lowest BCUT2D eigenvalue weighted by molar-refractivity contribution is -0.921. The Kier molecular flexibility index (Phi) is 3.23. The molecule has 1 aromatic carbocycles. The van der Waals surface area contributed by atoms with E-state index >= 15 is 0 Å². The van der Waals surface area contributed by atoms with Gasteiger partial charge in [0.25, 0.3) is 0 Å². The topological polar surface area (TPSA) is 60.8 Å². The quantitative estimate of drug-likeness (QED) is 0.571. The summed E-state index contributed by atoms with van der Waals surface area (Å²) in [4.78, 5) is 1.37. The summed E-state index contributed by atoms with van der Waals surface area (Å²) in [5, 5.41) is 22.7. The molecular weight excluding hydrogens is 244 g/mol. The van der Waals surface area contributed by atoms with E-state index in [2.05, 4.69) is 0 Å². The Hall–Kier alpha value is -1.85. The number of para-hydroxylation sites is 1. The smallest absolute Gasteiger partial charge is 0.224 e. The fourth-order valence-electron chi connectivity index (χ4n) is 2.59. The minimum absolute atomic E-state index is 0.0766. The van der Waals surface area contributed by atoms with Gasteiger partial charge in [0.2, 0.25) is 11.7 Å². The van der Waals surface area contributed by atoms with Gasteiger partial charge in [-0.05, 0) is 6.07 Å². The van der Waals surface area contributed by atoms with Crippen LogP contribution in [-0.4, -0.2) is 31.4 Å². The number of hydrogen-bond acceptors (Lipinski definition) is 3. The first kappa shape index (κ1) is 12.2. The molecule has 0 saturated carbocycles. The molecule has 5 heteroatoms. The Morgan fingerprint density at radius 1 is 1.26 bits per heavy atom. The minimum Gasteiger partial charge on any atom is -0.618 e. The first-order valence-corrected chi connectivity index (χ1v) is 6.50. The zero-order chi connectivity index (χ0) is 13.2. The number of nitrogens with zero attached hydrogens (tertiary/aromatic N) is 1. The van der Waals surface area contributed by atoms with Crippen LogP contribution in [-0.2, 0) is 11.3 Å². The van der Waals surface area contributed by atoms with Gasteiger partial charge in [0.1, 0.15) is 19.6 Å². The third kappa shape index (κ3) is 2.34. The summed E-state index contributed by atoms with van der Waals surface area (Å²) in [5.74, 6) is 0.0766. The molecule has 3 rings (SSSR count). The Labute approximate surface area is 111 Å². The molecule has 1 aromatic heterocycles. The maximum absolute atomic E-state index is 11.8. The largest absolute Gasteiger partial charge is 0.618 e. The molecule has 0 aliphatic carbocycles. The predicted octanol–water partition coefficient (Wildman–Crippen LogP) is -0.406. The molecule has 19 heavy (non-hydrogen) atoms. The molecule has 0 spiro atoms. The number of pyridine rings is 1. The lowest BCUT2D eigenvalue weighted by atomic mass is 10.1. The van der Waals surface area contributed by atoms with Crippen molar-refractivity contribution >= 4 is 10.9 Å². The summed E-state index contributed by atoms with van der Waals surface area (Å²) in [5.41, 5.74) is 1.45. The highest BCUT2D eigenvalue weighted by Gasteiger charge is 2.21. The maximum atomic E-state index is 11.8. The highest BCUT2D eigenvalue weighted by molar-refractivity contribution is 5.81. The summed E-state index contributed by atoms with van der Waals surface area (Å²) in [6, 6.07) is 7.39. The summed E-state index contributed by atoms with van der Waals surface area (Å²) in [7, 11) is 0. The van der Waals surface area contributed by atoms with Crippen LogP contribution in [0.2, 0.25) is 0 Å². The van der Waals surface area contributed by atoms with E-state index < -0.39 is 0 Å². The van der Waals surface area contributed by atoms with Crippen molar-refractivity contribution in [3.8, 4) is 5.75 Å². The van der Waals surface area contributed by atoms with Crippen LogP contribution in [0.25, 0.3) is 10.9 Å². The average molecular weight is 261 g/mol. The predicted molar refractivity (Wildman–Crippen MR) is 69.8 cm³/mol. The van der Waals surface area contributed by atoms with Crippen molar-refractivity contribution in [2.24, 2.45) is 0 Å². The molecule has 5 nitrogen and oxygen atoms in total. The van der Waals surface area contributed by atoms with Crippen LogP contribution >= 0.6 is 0 Å². The number of aromatic hydroxyl groups is 1. The van der Waals surface area contributed by atoms with E-state index in [4.69, 9.17) is 4.74 Å². The van der Waals surface area contributed by atoms with Gasteiger partial charge in [0.05, 0.1) is 24.2 Å². The molecule has 1 aliphatic rings. The average Bonchev–Trinajstić information content (AvgIpc) is 2.45. The molecule has 1 fully saturated rings. The molecule has 0 amide bonds. The van der Waals surface area contributed by atoms with Crippen LogP contribution in [0.15, 0.2) is 30.5 Å². The lowest BCUT2D eigenvalue weighted by Crippen LogP contribution is -3.12. The van der Waals surface area contributed by atoms with Gasteiger partial charge in [-0.3, -0.25) is 0 Å². The second-order valence-corrected chi connectivity index (χ2v) is 4.87. The van der Waals surface area contributed by atoms with E-state index in [1.54, 1.807) is 6.07 Å². The molecule has 1 aliphatic heterocycles. The highest BCUT2D eigenvalue weighted by Crippen LogP contribution is 2.23. The summed E-state index contributed by atoms with van der Waals surface area (Å²) >= 11 is 0. The number of fused-ring (bicyclic) bond motifs is 1. The van der Waals surface area contributed by atoms with Crippen molar-refractivity contribution in [2.45, 2.75) is 6.54 Å². The summed E-state index contributed by atoms with van der Waals surface area (Å²) in [6.07, 6.45) is 1.25. The summed E-state index contributed by atoms with van der Waals surface area (Å²) < 4.78 is 6.06. The van der Waals surface area contributed by atoms with Gasteiger partial charge in [-0.2, -0.15) is 4.73 Å². The zero-order valence-electron chi connectivity index (χ0n) is 10.6. The fourth-order valence-corrected chi connectivity index (χ4v) is 2.59. The number of morpholine rings is 1. The van der Waals surface area contributed by atoms with Crippen molar-refractivity contribution < 1.29 is 19.5 Å². The first-order chi connectivity index (χ1) is 9.25. The second-order valence-electron chi connectivity index (χ2n) is 4.87. The number of quaternary nitrogens is 1. The van der Waals surface area contributed by atoms with Crippen LogP contribution in [0.5, 0.6) is 5.75 Å². The number of hydrogen-bond donors (Lipinski definition) is 2. The molecule has 0 atom stereocenters. The van der Waals surface area contributed by atoms with Crippen molar-refractivity contribution in [2.75, 3.05) is 26.3 Å². The van der Waals surface area contributed by atoms with E-state index in [0.29, 0.717) is 5.52 Å². The maximum Gasteiger partial charge on any atom is 0.224 e. The monoisotopic (exact) mass is 261 g/mol. The number of rotatable bonds is 2. The Balaban J connectivity index is 2.01. The summed E-state index contributed by atoms with van der Waals surface area (Å²) in [6.45, 7) is 4.08. The molecule has 2 heterocycles. The second kappa shape index (κ2) is 5.03. The number of benzene rings is 1. The van der Waals surface area contributed by atoms with Crippen LogP contribution in [0.1, 0.15) is 5.56 Å². The van der Waals surface area contributed by atoms with E-state index in [1.165, 1.54) is 11.1 Å². The standard InChI is InChI=1S/C14H16N2O3/c17-14-10-16(18)13-4-2-1-3-11(13)12(14)9-15-5-7-19-8-6-15/h1-4,10,17H,5-9H2/p+1. The number of nitrogens with one attached hydrogen (secondary N) is 1. The molecule has 2 aromatic rings. The third-order valence-corrected chi connectivity index (χ3v) is 3.64. The van der Waals surface area contributed by atoms with E-state index in [9.17, 15) is 10.3 Å². The minimum atomic E-state index is 0.0766. The van der Waals surface area contributed by atoms with Crippen LogP contribution < -0.4 is 9.63 Å². The van der Waals surface area contributed by atoms with Gasteiger partial charge in [-0.25, -0.2) is 0 Å². The van der Waals surface area contributed by atoms with Crippen molar-refractivity contribution in [1.29, 1.82) is 0 Å². The molecule has 2 N–H and O–H groups in total. The number of ether oxygens (including phenoxy) is 1. The molecule has 0 bridgehead atoms. The molecule has 0 radical (unpaired) electrons. The van der Waals surface area contributed by atoms with E-state index in [1.807, 2.05) is 18.2 Å². The Morgan fingerprint density at radius 2 is 2.00 bits per heavy atom. The first-order valence-electron chi connectivity index (χ1n) is 6.50. The van der Waals surface area contributed by atoms with Crippen molar-refractivity contribution in [3.63, 3.8) is 0 Å². The number of aromatic nitrogens is 1. The molecular formula is C14H17N2O3+. The normalized spacial score (nSPS) is 16.8. The Morgan fingerprint density at radius 3 is 2.79 bits per heavy atom. The van der Waals surface area contributed by atoms with Crippen molar-refractivity contribution in [3.05, 3.63) is 41.2 Å². The van der Waals surface area contributed by atoms with Gasteiger partial charge in [-0.1, -0.05) is 12.1 Å². The molecule has 1 saturated heterocycles. The van der Waals surface area contributed by atoms with Gasteiger partial charge in [-0.15, -0.1) is 0 Å². The zero-order valence-corrected chi connectivity index (χ0v) is 10.6. The van der Waals surface area contributed by atoms with Crippen LogP contribution in [0.3, 0.4) is 0 Å².